The summed E-state index contributed by atoms with van der Waals surface area (Å²) in [6.45, 7) is 5.15. The summed E-state index contributed by atoms with van der Waals surface area (Å²) < 4.78 is 0. The first kappa shape index (κ1) is 12.9. The SMILES string of the molecule is CCCC1NCN(C(C)C2CCCCC2)C1=O. The zero-order valence-corrected chi connectivity index (χ0v) is 11.2. The summed E-state index contributed by atoms with van der Waals surface area (Å²) in [4.78, 5) is 14.3. The van der Waals surface area contributed by atoms with Crippen LogP contribution < -0.4 is 5.32 Å². The molecule has 0 aromatic heterocycles. The molecule has 0 bridgehead atoms. The van der Waals surface area contributed by atoms with Gasteiger partial charge in [0.2, 0.25) is 5.91 Å². The summed E-state index contributed by atoms with van der Waals surface area (Å²) in [5.41, 5.74) is 0. The van der Waals surface area contributed by atoms with E-state index in [1.165, 1.54) is 32.1 Å². The van der Waals surface area contributed by atoms with Crippen molar-refractivity contribution in [1.29, 1.82) is 0 Å². The molecule has 1 N–H and O–H groups in total. The van der Waals surface area contributed by atoms with E-state index >= 15 is 0 Å². The molecule has 1 aliphatic carbocycles. The quantitative estimate of drug-likeness (QED) is 0.816. The normalized spacial score (nSPS) is 28.7. The van der Waals surface area contributed by atoms with Crippen molar-refractivity contribution in [3.05, 3.63) is 0 Å². The van der Waals surface area contributed by atoms with E-state index in [0.717, 1.165) is 25.4 Å². The first-order chi connectivity index (χ1) is 8.24. The van der Waals surface area contributed by atoms with E-state index in [1.54, 1.807) is 0 Å². The van der Waals surface area contributed by atoms with E-state index in [4.69, 9.17) is 0 Å². The molecule has 3 heteroatoms. The molecule has 1 aliphatic heterocycles. The maximum Gasteiger partial charge on any atom is 0.241 e. The third-order valence-electron chi connectivity index (χ3n) is 4.49. The molecular weight excluding hydrogens is 212 g/mol. The van der Waals surface area contributed by atoms with Crippen molar-refractivity contribution in [3.63, 3.8) is 0 Å². The van der Waals surface area contributed by atoms with Crippen LogP contribution in [0.2, 0.25) is 0 Å². The Kier molecular flexibility index (Phi) is 4.43. The summed E-state index contributed by atoms with van der Waals surface area (Å²) in [6.07, 6.45) is 8.76. The summed E-state index contributed by atoms with van der Waals surface area (Å²) in [6, 6.07) is 0.517. The van der Waals surface area contributed by atoms with E-state index in [0.29, 0.717) is 11.9 Å². The Bertz CT molecular complexity index is 261. The van der Waals surface area contributed by atoms with Crippen LogP contribution in [0.15, 0.2) is 0 Å². The van der Waals surface area contributed by atoms with Crippen molar-refractivity contribution in [2.24, 2.45) is 5.92 Å². The molecule has 2 unspecified atom stereocenters. The fraction of sp³-hybridized carbons (Fsp3) is 0.929. The number of carbonyl (C=O) groups is 1. The lowest BCUT2D eigenvalue weighted by atomic mass is 9.84. The van der Waals surface area contributed by atoms with Crippen molar-refractivity contribution in [1.82, 2.24) is 10.2 Å². The van der Waals surface area contributed by atoms with Crippen molar-refractivity contribution < 1.29 is 4.79 Å². The summed E-state index contributed by atoms with van der Waals surface area (Å²) >= 11 is 0. The maximum atomic E-state index is 12.2. The average molecular weight is 238 g/mol. The fourth-order valence-corrected chi connectivity index (χ4v) is 3.30. The summed E-state index contributed by atoms with van der Waals surface area (Å²) in [7, 11) is 0. The molecule has 1 amide bonds. The predicted molar refractivity (Wildman–Crippen MR) is 69.6 cm³/mol. The zero-order chi connectivity index (χ0) is 12.3. The number of nitrogens with zero attached hydrogens (tertiary/aromatic N) is 1. The Morgan fingerprint density at radius 3 is 2.71 bits per heavy atom. The van der Waals surface area contributed by atoms with Gasteiger partial charge < -0.3 is 4.90 Å². The molecule has 2 aliphatic rings. The number of rotatable bonds is 4. The first-order valence-corrected chi connectivity index (χ1v) is 7.28. The van der Waals surface area contributed by atoms with Crippen molar-refractivity contribution >= 4 is 5.91 Å². The Hall–Kier alpha value is -0.570. The van der Waals surface area contributed by atoms with Gasteiger partial charge in [-0.05, 0) is 32.1 Å². The second-order valence-electron chi connectivity index (χ2n) is 5.65. The first-order valence-electron chi connectivity index (χ1n) is 7.28. The molecule has 98 valence electrons. The van der Waals surface area contributed by atoms with Crippen LogP contribution in [0.5, 0.6) is 0 Å². The molecule has 1 saturated heterocycles. The molecular formula is C14H26N2O. The lowest BCUT2D eigenvalue weighted by molar-refractivity contribution is -0.131. The Labute approximate surface area is 105 Å². The standard InChI is InChI=1S/C14H26N2O/c1-3-7-13-14(17)16(10-15-13)11(2)12-8-5-4-6-9-12/h11-13,15H,3-10H2,1-2H3. The number of hydrogen-bond acceptors (Lipinski definition) is 2. The monoisotopic (exact) mass is 238 g/mol. The smallest absolute Gasteiger partial charge is 0.241 e. The highest BCUT2D eigenvalue weighted by Crippen LogP contribution is 2.30. The second kappa shape index (κ2) is 5.85. The maximum absolute atomic E-state index is 12.2. The van der Waals surface area contributed by atoms with Gasteiger partial charge in [0, 0.05) is 6.04 Å². The molecule has 2 rings (SSSR count). The highest BCUT2D eigenvalue weighted by molar-refractivity contribution is 5.84. The number of carbonyl (C=O) groups excluding carboxylic acids is 1. The van der Waals surface area contributed by atoms with Crippen LogP contribution in [-0.2, 0) is 4.79 Å². The van der Waals surface area contributed by atoms with Crippen molar-refractivity contribution in [3.8, 4) is 0 Å². The topological polar surface area (TPSA) is 32.3 Å². The molecule has 0 aromatic carbocycles. The molecule has 2 atom stereocenters. The van der Waals surface area contributed by atoms with Gasteiger partial charge in [-0.1, -0.05) is 32.6 Å². The Morgan fingerprint density at radius 2 is 2.06 bits per heavy atom. The number of hydrogen-bond donors (Lipinski definition) is 1. The third kappa shape index (κ3) is 2.82. The largest absolute Gasteiger partial charge is 0.326 e. The third-order valence-corrected chi connectivity index (χ3v) is 4.49. The van der Waals surface area contributed by atoms with Crippen LogP contribution in [0.1, 0.15) is 58.8 Å². The van der Waals surface area contributed by atoms with Gasteiger partial charge in [0.1, 0.15) is 0 Å². The van der Waals surface area contributed by atoms with E-state index in [2.05, 4.69) is 24.1 Å². The van der Waals surface area contributed by atoms with Gasteiger partial charge in [-0.3, -0.25) is 10.1 Å². The molecule has 2 fully saturated rings. The molecule has 0 radical (unpaired) electrons. The van der Waals surface area contributed by atoms with Crippen LogP contribution in [0.4, 0.5) is 0 Å². The van der Waals surface area contributed by atoms with E-state index in [9.17, 15) is 4.79 Å². The molecule has 17 heavy (non-hydrogen) atoms. The van der Waals surface area contributed by atoms with Crippen LogP contribution in [0.25, 0.3) is 0 Å². The van der Waals surface area contributed by atoms with Crippen LogP contribution in [-0.4, -0.2) is 29.6 Å². The molecule has 3 nitrogen and oxygen atoms in total. The van der Waals surface area contributed by atoms with Gasteiger partial charge in [-0.2, -0.15) is 0 Å². The fourth-order valence-electron chi connectivity index (χ4n) is 3.30. The summed E-state index contributed by atoms with van der Waals surface area (Å²) in [5.74, 6) is 1.07. The van der Waals surface area contributed by atoms with Crippen molar-refractivity contribution in [2.75, 3.05) is 6.67 Å². The predicted octanol–water partition coefficient (Wildman–Crippen LogP) is 2.51. The van der Waals surface area contributed by atoms with Gasteiger partial charge in [-0.25, -0.2) is 0 Å². The van der Waals surface area contributed by atoms with Crippen LogP contribution in [0.3, 0.4) is 0 Å². The highest BCUT2D eigenvalue weighted by Gasteiger charge is 2.36. The van der Waals surface area contributed by atoms with Gasteiger partial charge in [0.25, 0.3) is 0 Å². The summed E-state index contributed by atoms with van der Waals surface area (Å²) in [5, 5.41) is 3.35. The van der Waals surface area contributed by atoms with Gasteiger partial charge >= 0.3 is 0 Å². The van der Waals surface area contributed by atoms with Crippen molar-refractivity contribution in [2.45, 2.75) is 70.9 Å². The highest BCUT2D eigenvalue weighted by atomic mass is 16.2. The van der Waals surface area contributed by atoms with Gasteiger partial charge in [0.05, 0.1) is 12.7 Å². The second-order valence-corrected chi connectivity index (χ2v) is 5.65. The van der Waals surface area contributed by atoms with Gasteiger partial charge in [-0.15, -0.1) is 0 Å². The van der Waals surface area contributed by atoms with Crippen LogP contribution >= 0.6 is 0 Å². The van der Waals surface area contributed by atoms with E-state index in [1.807, 2.05) is 0 Å². The van der Waals surface area contributed by atoms with E-state index in [-0.39, 0.29) is 6.04 Å². The lowest BCUT2D eigenvalue weighted by Crippen LogP contribution is -2.41. The zero-order valence-electron chi connectivity index (χ0n) is 11.2. The number of amides is 1. The Morgan fingerprint density at radius 1 is 1.35 bits per heavy atom. The molecule has 1 heterocycles. The minimum Gasteiger partial charge on any atom is -0.326 e. The van der Waals surface area contributed by atoms with Crippen LogP contribution in [0, 0.1) is 5.92 Å². The van der Waals surface area contributed by atoms with Gasteiger partial charge in [0.15, 0.2) is 0 Å². The molecule has 0 aromatic rings. The van der Waals surface area contributed by atoms with E-state index < -0.39 is 0 Å². The minimum atomic E-state index is 0.0889. The molecule has 0 spiro atoms. The lowest BCUT2D eigenvalue weighted by Gasteiger charge is -2.33. The Balaban J connectivity index is 1.91. The number of nitrogens with one attached hydrogen (secondary N) is 1. The molecule has 1 saturated carbocycles. The minimum absolute atomic E-state index is 0.0889. The average Bonchev–Trinajstić information content (AvgIpc) is 2.72.